The van der Waals surface area contributed by atoms with Gasteiger partial charge in [0, 0.05) is 0 Å². The lowest BCUT2D eigenvalue weighted by Gasteiger charge is -1.86. The van der Waals surface area contributed by atoms with Gasteiger partial charge in [0.25, 0.3) is 0 Å². The number of nitrogens with one attached hydrogen (secondary N) is 1. The van der Waals surface area contributed by atoms with Gasteiger partial charge in [-0.05, 0) is 23.9 Å². The monoisotopic (exact) mass is 278 g/mol. The van der Waals surface area contributed by atoms with Gasteiger partial charge in [0.1, 0.15) is 5.03 Å². The molecule has 0 aliphatic rings. The summed E-state index contributed by atoms with van der Waals surface area (Å²) in [5, 5.41) is 11.1. The molecule has 0 bridgehead atoms. The van der Waals surface area contributed by atoms with Gasteiger partial charge in [-0.15, -0.1) is 16.4 Å². The van der Waals surface area contributed by atoms with E-state index in [0.29, 0.717) is 0 Å². The Morgan fingerprint density at radius 2 is 2.06 bits per heavy atom. The highest BCUT2D eigenvalue weighted by atomic mass is 32.2. The number of carbonyl (C=O) groups excluding carboxylic acids is 2. The number of para-hydroxylation sites is 1. The molecule has 1 aromatic carbocycles. The first-order valence-corrected chi connectivity index (χ1v) is 6.35. The molecule has 1 N–H and O–H groups in total. The molecular weight excluding hydrogens is 272 g/mol. The van der Waals surface area contributed by atoms with Crippen molar-refractivity contribution in [3.8, 4) is 0 Å². The summed E-state index contributed by atoms with van der Waals surface area (Å²) in [5.41, 5.74) is 1.04. The Kier molecular flexibility index (Phi) is 4.19. The van der Waals surface area contributed by atoms with E-state index in [2.05, 4.69) is 26.5 Å². The number of H-pyrrole nitrogens is 1. The molecule has 0 aliphatic carbocycles. The molecular formula is C10H6N4O2S2. The van der Waals surface area contributed by atoms with Gasteiger partial charge >= 0.3 is 6.15 Å². The van der Waals surface area contributed by atoms with Crippen LogP contribution in [0.1, 0.15) is 0 Å². The van der Waals surface area contributed by atoms with Crippen LogP contribution in [0.25, 0.3) is 10.2 Å². The minimum atomic E-state index is 0.250. The largest absolute Gasteiger partial charge is 0.373 e. The highest BCUT2D eigenvalue weighted by molar-refractivity contribution is 8.01. The molecule has 3 rings (SSSR count). The zero-order chi connectivity index (χ0) is 12.8. The van der Waals surface area contributed by atoms with Crippen LogP contribution in [0.3, 0.4) is 0 Å². The summed E-state index contributed by atoms with van der Waals surface area (Å²) in [4.78, 5) is 20.7. The number of aromatic amines is 1. The minimum absolute atomic E-state index is 0.250. The number of hydrogen-bond donors (Lipinski definition) is 1. The lowest BCUT2D eigenvalue weighted by molar-refractivity contribution is -0.191. The highest BCUT2D eigenvalue weighted by Crippen LogP contribution is 2.32. The van der Waals surface area contributed by atoms with Crippen LogP contribution in [0.2, 0.25) is 0 Å². The van der Waals surface area contributed by atoms with Crippen molar-refractivity contribution in [2.75, 3.05) is 0 Å². The van der Waals surface area contributed by atoms with E-state index < -0.39 is 0 Å². The van der Waals surface area contributed by atoms with Crippen LogP contribution in [0.5, 0.6) is 0 Å². The Hall–Kier alpha value is -2.02. The Balaban J connectivity index is 0.000000367. The summed E-state index contributed by atoms with van der Waals surface area (Å²) in [7, 11) is 0. The van der Waals surface area contributed by atoms with E-state index in [1.165, 1.54) is 16.5 Å². The molecule has 0 atom stereocenters. The number of thiazole rings is 1. The second-order valence-electron chi connectivity index (χ2n) is 2.94. The summed E-state index contributed by atoms with van der Waals surface area (Å²) in [6.45, 7) is 0. The molecule has 0 radical (unpaired) electrons. The third-order valence-electron chi connectivity index (χ3n) is 1.86. The predicted octanol–water partition coefficient (Wildman–Crippen LogP) is 1.98. The van der Waals surface area contributed by atoms with Crippen LogP contribution < -0.4 is 0 Å². The van der Waals surface area contributed by atoms with Gasteiger partial charge < -0.3 is 0 Å². The second-order valence-corrected chi connectivity index (χ2v) is 5.24. The lowest BCUT2D eigenvalue weighted by atomic mass is 10.3. The first kappa shape index (κ1) is 12.4. The van der Waals surface area contributed by atoms with Gasteiger partial charge in [-0.2, -0.15) is 19.9 Å². The van der Waals surface area contributed by atoms with Gasteiger partial charge in [0.05, 0.1) is 16.4 Å². The highest BCUT2D eigenvalue weighted by Gasteiger charge is 2.06. The number of aromatic nitrogens is 4. The molecule has 2 heterocycles. The number of nitrogens with zero attached hydrogens (tertiary/aromatic N) is 3. The molecule has 3 aromatic rings. The van der Waals surface area contributed by atoms with Gasteiger partial charge in [-0.1, -0.05) is 12.1 Å². The summed E-state index contributed by atoms with van der Waals surface area (Å²) in [5.74, 6) is 0. The fourth-order valence-corrected chi connectivity index (χ4v) is 3.13. The Labute approximate surface area is 109 Å². The third-order valence-corrected chi connectivity index (χ3v) is 3.86. The van der Waals surface area contributed by atoms with Gasteiger partial charge in [0.15, 0.2) is 4.34 Å². The minimum Gasteiger partial charge on any atom is -0.229 e. The molecule has 6 nitrogen and oxygen atoms in total. The topological polar surface area (TPSA) is 88.6 Å². The van der Waals surface area contributed by atoms with Crippen LogP contribution in [-0.4, -0.2) is 26.5 Å². The van der Waals surface area contributed by atoms with Gasteiger partial charge in [-0.25, -0.2) is 4.98 Å². The molecule has 2 aromatic heterocycles. The van der Waals surface area contributed by atoms with E-state index in [1.807, 2.05) is 18.2 Å². The molecule has 0 unspecified atom stereocenters. The maximum atomic E-state index is 8.12. The zero-order valence-electron chi connectivity index (χ0n) is 8.86. The molecule has 0 amide bonds. The predicted molar refractivity (Wildman–Crippen MR) is 65.1 cm³/mol. The maximum Gasteiger partial charge on any atom is 0.373 e. The van der Waals surface area contributed by atoms with Gasteiger partial charge in [-0.3, -0.25) is 0 Å². The fourth-order valence-electron chi connectivity index (χ4n) is 1.22. The van der Waals surface area contributed by atoms with E-state index in [0.717, 1.165) is 14.9 Å². The standard InChI is InChI=1S/C9H6N4S2.CO2/c1-2-4-7-6(3-1)11-9(14-7)15-8-5-10-13-12-8;2-1-3/h1-5H,(H,10,12,13);. The van der Waals surface area contributed by atoms with Crippen molar-refractivity contribution in [3.05, 3.63) is 30.5 Å². The summed E-state index contributed by atoms with van der Waals surface area (Å²) in [6, 6.07) is 8.09. The molecule has 18 heavy (non-hydrogen) atoms. The number of hydrogen-bond acceptors (Lipinski definition) is 7. The molecule has 90 valence electrons. The molecule has 0 spiro atoms. The molecule has 0 saturated carbocycles. The van der Waals surface area contributed by atoms with Crippen molar-refractivity contribution in [3.63, 3.8) is 0 Å². The zero-order valence-corrected chi connectivity index (χ0v) is 10.5. The SMILES string of the molecule is O=C=O.c1ccc2sc(Sc3cn[nH]n3)nc2c1. The van der Waals surface area contributed by atoms with Crippen LogP contribution in [-0.2, 0) is 9.59 Å². The van der Waals surface area contributed by atoms with Crippen LogP contribution in [0.15, 0.2) is 39.8 Å². The quantitative estimate of drug-likeness (QED) is 0.771. The van der Waals surface area contributed by atoms with Crippen molar-refractivity contribution < 1.29 is 9.59 Å². The average molecular weight is 278 g/mol. The first-order valence-electron chi connectivity index (χ1n) is 4.72. The van der Waals surface area contributed by atoms with E-state index >= 15 is 0 Å². The molecule has 8 heteroatoms. The second kappa shape index (κ2) is 6.06. The molecule has 0 fully saturated rings. The van der Waals surface area contributed by atoms with Crippen LogP contribution in [0, 0.1) is 0 Å². The smallest absolute Gasteiger partial charge is 0.229 e. The van der Waals surface area contributed by atoms with Gasteiger partial charge in [0.2, 0.25) is 0 Å². The summed E-state index contributed by atoms with van der Waals surface area (Å²) in [6.07, 6.45) is 1.94. The number of benzene rings is 1. The first-order chi connectivity index (χ1) is 8.83. The van der Waals surface area contributed by atoms with Crippen LogP contribution in [0.4, 0.5) is 0 Å². The fraction of sp³-hybridized carbons (Fsp3) is 0. The van der Waals surface area contributed by atoms with Crippen molar-refractivity contribution >= 4 is 39.5 Å². The van der Waals surface area contributed by atoms with E-state index in [-0.39, 0.29) is 6.15 Å². The summed E-state index contributed by atoms with van der Waals surface area (Å²) < 4.78 is 2.19. The Morgan fingerprint density at radius 3 is 2.72 bits per heavy atom. The Morgan fingerprint density at radius 1 is 1.28 bits per heavy atom. The number of rotatable bonds is 2. The average Bonchev–Trinajstić information content (AvgIpc) is 2.98. The molecule has 0 saturated heterocycles. The van der Waals surface area contributed by atoms with Crippen molar-refractivity contribution in [2.45, 2.75) is 9.37 Å². The van der Waals surface area contributed by atoms with Crippen molar-refractivity contribution in [1.82, 2.24) is 20.4 Å². The number of fused-ring (bicyclic) bond motifs is 1. The lowest BCUT2D eigenvalue weighted by Crippen LogP contribution is -1.71. The normalized spacial score (nSPS) is 9.56. The maximum absolute atomic E-state index is 8.12. The van der Waals surface area contributed by atoms with Crippen molar-refractivity contribution in [2.24, 2.45) is 0 Å². The summed E-state index contributed by atoms with van der Waals surface area (Å²) >= 11 is 3.19. The van der Waals surface area contributed by atoms with E-state index in [4.69, 9.17) is 9.59 Å². The molecule has 0 aliphatic heterocycles. The van der Waals surface area contributed by atoms with E-state index in [9.17, 15) is 0 Å². The van der Waals surface area contributed by atoms with E-state index in [1.54, 1.807) is 17.5 Å². The Bertz CT molecular complexity index is 626. The van der Waals surface area contributed by atoms with Crippen molar-refractivity contribution in [1.29, 1.82) is 0 Å². The van der Waals surface area contributed by atoms with Crippen LogP contribution >= 0.6 is 23.1 Å². The third kappa shape index (κ3) is 3.01.